The van der Waals surface area contributed by atoms with E-state index in [9.17, 15) is 0 Å². The van der Waals surface area contributed by atoms with Gasteiger partial charge in [-0.1, -0.05) is 72.8 Å². The summed E-state index contributed by atoms with van der Waals surface area (Å²) in [4.78, 5) is 23.2. The molecule has 44 heavy (non-hydrogen) atoms. The Morgan fingerprint density at radius 2 is 0.955 bits per heavy atom. The van der Waals surface area contributed by atoms with Crippen molar-refractivity contribution >= 4 is 43.9 Å². The van der Waals surface area contributed by atoms with E-state index in [1.54, 1.807) is 12.4 Å². The lowest BCUT2D eigenvalue weighted by molar-refractivity contribution is 0.634. The van der Waals surface area contributed by atoms with Gasteiger partial charge in [0.05, 0.1) is 0 Å². The normalized spacial score (nSPS) is 11.6. The molecule has 7 heteroatoms. The molecule has 9 aromatic rings. The number of benzene rings is 4. The first kappa shape index (κ1) is 24.4. The Labute approximate surface area is 250 Å². The van der Waals surface area contributed by atoms with Crippen molar-refractivity contribution in [1.82, 2.24) is 24.9 Å². The van der Waals surface area contributed by atoms with Gasteiger partial charge in [-0.05, 0) is 48.0 Å². The van der Waals surface area contributed by atoms with Crippen LogP contribution in [0.4, 0.5) is 0 Å². The zero-order chi connectivity index (χ0) is 29.0. The SMILES string of the molecule is c1ccc(-c2nc(-c3ccc(-c4cccc5c4oc4c5ccc5c6ccccc6oc54)cc3)nc(-c3ccccn3)n2)nc1. The van der Waals surface area contributed by atoms with Crippen molar-refractivity contribution in [2.45, 2.75) is 0 Å². The van der Waals surface area contributed by atoms with E-state index >= 15 is 0 Å². The molecule has 0 amide bonds. The lowest BCUT2D eigenvalue weighted by Gasteiger charge is -2.08. The van der Waals surface area contributed by atoms with E-state index in [1.807, 2.05) is 66.7 Å². The first-order valence-electron chi connectivity index (χ1n) is 14.3. The van der Waals surface area contributed by atoms with Gasteiger partial charge in [-0.15, -0.1) is 0 Å². The van der Waals surface area contributed by atoms with Crippen LogP contribution in [0, 0.1) is 0 Å². The van der Waals surface area contributed by atoms with Gasteiger partial charge in [0, 0.05) is 45.1 Å². The smallest absolute Gasteiger partial charge is 0.182 e. The third kappa shape index (κ3) is 3.87. The first-order chi connectivity index (χ1) is 21.8. The highest BCUT2D eigenvalue weighted by molar-refractivity contribution is 6.20. The number of aromatic nitrogens is 5. The number of fused-ring (bicyclic) bond motifs is 7. The average Bonchev–Trinajstić information content (AvgIpc) is 3.68. The van der Waals surface area contributed by atoms with Gasteiger partial charge in [-0.2, -0.15) is 0 Å². The fraction of sp³-hybridized carbons (Fsp3) is 0. The number of rotatable bonds is 4. The average molecular weight is 568 g/mol. The highest BCUT2D eigenvalue weighted by Crippen LogP contribution is 2.41. The molecule has 0 N–H and O–H groups in total. The van der Waals surface area contributed by atoms with Gasteiger partial charge < -0.3 is 8.83 Å². The summed E-state index contributed by atoms with van der Waals surface area (Å²) in [5.41, 5.74) is 7.39. The molecule has 5 heterocycles. The van der Waals surface area contributed by atoms with Crippen molar-refractivity contribution in [3.8, 4) is 45.6 Å². The van der Waals surface area contributed by atoms with E-state index in [0.717, 1.165) is 60.6 Å². The monoisotopic (exact) mass is 567 g/mol. The Morgan fingerprint density at radius 3 is 1.66 bits per heavy atom. The maximum Gasteiger partial charge on any atom is 0.182 e. The van der Waals surface area contributed by atoms with Gasteiger partial charge in [0.25, 0.3) is 0 Å². The molecule has 0 fully saturated rings. The van der Waals surface area contributed by atoms with Gasteiger partial charge in [0.2, 0.25) is 0 Å². The lowest BCUT2D eigenvalue weighted by atomic mass is 10.0. The summed E-state index contributed by atoms with van der Waals surface area (Å²) >= 11 is 0. The molecule has 4 aromatic carbocycles. The van der Waals surface area contributed by atoms with Crippen molar-refractivity contribution in [2.24, 2.45) is 0 Å². The summed E-state index contributed by atoms with van der Waals surface area (Å²) in [6, 6.07) is 38.1. The Kier molecular flexibility index (Phi) is 5.36. The molecule has 206 valence electrons. The van der Waals surface area contributed by atoms with E-state index in [-0.39, 0.29) is 0 Å². The molecule has 0 atom stereocenters. The van der Waals surface area contributed by atoms with Crippen LogP contribution in [0.2, 0.25) is 0 Å². The fourth-order valence-electron chi connectivity index (χ4n) is 5.79. The minimum Gasteiger partial charge on any atom is -0.452 e. The third-order valence-electron chi connectivity index (χ3n) is 7.89. The van der Waals surface area contributed by atoms with Crippen LogP contribution in [-0.4, -0.2) is 24.9 Å². The summed E-state index contributed by atoms with van der Waals surface area (Å²) in [6.07, 6.45) is 3.46. The van der Waals surface area contributed by atoms with E-state index in [1.165, 1.54) is 0 Å². The van der Waals surface area contributed by atoms with E-state index in [2.05, 4.69) is 63.5 Å². The van der Waals surface area contributed by atoms with Crippen LogP contribution in [0.5, 0.6) is 0 Å². The van der Waals surface area contributed by atoms with Gasteiger partial charge in [0.1, 0.15) is 22.6 Å². The Balaban J connectivity index is 1.16. The fourth-order valence-corrected chi connectivity index (χ4v) is 5.79. The molecule has 0 aliphatic rings. The van der Waals surface area contributed by atoms with Crippen molar-refractivity contribution in [1.29, 1.82) is 0 Å². The predicted molar refractivity (Wildman–Crippen MR) is 172 cm³/mol. The van der Waals surface area contributed by atoms with Crippen LogP contribution < -0.4 is 0 Å². The van der Waals surface area contributed by atoms with Crippen LogP contribution in [-0.2, 0) is 0 Å². The van der Waals surface area contributed by atoms with Crippen LogP contribution in [0.3, 0.4) is 0 Å². The lowest BCUT2D eigenvalue weighted by Crippen LogP contribution is -2.01. The van der Waals surface area contributed by atoms with Crippen molar-refractivity contribution < 1.29 is 8.83 Å². The zero-order valence-electron chi connectivity index (χ0n) is 23.2. The molecule has 0 saturated heterocycles. The zero-order valence-corrected chi connectivity index (χ0v) is 23.2. The Bertz CT molecular complexity index is 2430. The van der Waals surface area contributed by atoms with Crippen molar-refractivity contribution in [2.75, 3.05) is 0 Å². The minimum absolute atomic E-state index is 0.490. The quantitative estimate of drug-likeness (QED) is 0.209. The minimum atomic E-state index is 0.490. The molecular formula is C37H21N5O2. The summed E-state index contributed by atoms with van der Waals surface area (Å²) in [5, 5.41) is 4.20. The van der Waals surface area contributed by atoms with Crippen molar-refractivity contribution in [3.05, 3.63) is 128 Å². The molecule has 5 aromatic heterocycles. The second kappa shape index (κ2) is 9.68. The highest BCUT2D eigenvalue weighted by atomic mass is 16.4. The number of furan rings is 2. The first-order valence-corrected chi connectivity index (χ1v) is 14.3. The molecule has 0 aliphatic carbocycles. The number of nitrogens with zero attached hydrogens (tertiary/aromatic N) is 5. The third-order valence-corrected chi connectivity index (χ3v) is 7.89. The van der Waals surface area contributed by atoms with E-state index in [4.69, 9.17) is 18.8 Å². The molecule has 0 aliphatic heterocycles. The number of para-hydroxylation sites is 2. The number of hydrogen-bond acceptors (Lipinski definition) is 7. The summed E-state index contributed by atoms with van der Waals surface area (Å²) in [5.74, 6) is 1.52. The standard InChI is InChI=1S/C37H21N5O2/c1-2-13-31-25(8-1)27-18-19-28-26-10-7-9-24(32(26)44-34(28)33(27)43-31)22-14-16-23(17-15-22)35-40-36(29-11-3-5-20-38-29)42-37(41-35)30-12-4-6-21-39-30/h1-21H. The second-order valence-corrected chi connectivity index (χ2v) is 10.5. The molecule has 0 saturated carbocycles. The molecule has 0 spiro atoms. The molecular weight excluding hydrogens is 546 g/mol. The van der Waals surface area contributed by atoms with Crippen LogP contribution >= 0.6 is 0 Å². The van der Waals surface area contributed by atoms with Gasteiger partial charge in [0.15, 0.2) is 28.6 Å². The van der Waals surface area contributed by atoms with Crippen molar-refractivity contribution in [3.63, 3.8) is 0 Å². The summed E-state index contributed by atoms with van der Waals surface area (Å²) < 4.78 is 12.9. The molecule has 0 radical (unpaired) electrons. The van der Waals surface area contributed by atoms with Crippen LogP contribution in [0.25, 0.3) is 89.4 Å². The maximum absolute atomic E-state index is 6.58. The number of hydrogen-bond donors (Lipinski definition) is 0. The summed E-state index contributed by atoms with van der Waals surface area (Å²) in [7, 11) is 0. The summed E-state index contributed by atoms with van der Waals surface area (Å²) in [6.45, 7) is 0. The largest absolute Gasteiger partial charge is 0.452 e. The van der Waals surface area contributed by atoms with Crippen LogP contribution in [0.15, 0.2) is 136 Å². The van der Waals surface area contributed by atoms with E-state index < -0.39 is 0 Å². The van der Waals surface area contributed by atoms with Gasteiger partial charge in [-0.25, -0.2) is 15.0 Å². The Hall–Kier alpha value is -6.21. The maximum atomic E-state index is 6.58. The second-order valence-electron chi connectivity index (χ2n) is 10.5. The van der Waals surface area contributed by atoms with Crippen LogP contribution in [0.1, 0.15) is 0 Å². The van der Waals surface area contributed by atoms with Gasteiger partial charge >= 0.3 is 0 Å². The molecule has 0 bridgehead atoms. The Morgan fingerprint density at radius 1 is 0.386 bits per heavy atom. The topological polar surface area (TPSA) is 90.7 Å². The molecule has 0 unspecified atom stereocenters. The highest BCUT2D eigenvalue weighted by Gasteiger charge is 2.18. The predicted octanol–water partition coefficient (Wildman–Crippen LogP) is 9.13. The molecule has 9 rings (SSSR count). The molecule has 7 nitrogen and oxygen atoms in total. The van der Waals surface area contributed by atoms with Gasteiger partial charge in [-0.3, -0.25) is 9.97 Å². The van der Waals surface area contributed by atoms with E-state index in [0.29, 0.717) is 28.9 Å². The number of pyridine rings is 2.